The zero-order chi connectivity index (χ0) is 17.4. The van der Waals surface area contributed by atoms with Crippen molar-refractivity contribution in [1.29, 1.82) is 0 Å². The molecule has 2 atom stereocenters. The molecule has 1 amide bonds. The van der Waals surface area contributed by atoms with E-state index in [4.69, 9.17) is 9.15 Å². The Hall–Kier alpha value is -2.37. The van der Waals surface area contributed by atoms with Crippen LogP contribution in [0.2, 0.25) is 0 Å². The summed E-state index contributed by atoms with van der Waals surface area (Å²) in [5.41, 5.74) is 2.50. The molecular formula is C20H23N2O3+. The number of quaternary nitrogens is 1. The summed E-state index contributed by atoms with van der Waals surface area (Å²) in [6.07, 6.45) is 0.389. The van der Waals surface area contributed by atoms with Crippen LogP contribution >= 0.6 is 0 Å². The third kappa shape index (κ3) is 3.38. The highest BCUT2D eigenvalue weighted by molar-refractivity contribution is 6.06. The van der Waals surface area contributed by atoms with Crippen molar-refractivity contribution in [2.24, 2.45) is 0 Å². The molecule has 1 aromatic heterocycles. The standard InChI is InChI=1S/C20H22N2O3/c1-13-10-22(11-14(2)24-13)12-20(23)21-15-7-8-19-17(9-15)16-5-3-4-6-18(16)25-19/h3-9,13-14H,10-12H2,1-2H3,(H,21,23)/p+1/t13-,14-/m0/s1. The number of anilines is 1. The van der Waals surface area contributed by atoms with E-state index in [-0.39, 0.29) is 18.1 Å². The van der Waals surface area contributed by atoms with E-state index in [1.54, 1.807) is 0 Å². The highest BCUT2D eigenvalue weighted by Gasteiger charge is 2.27. The van der Waals surface area contributed by atoms with E-state index in [9.17, 15) is 4.79 Å². The topological polar surface area (TPSA) is 55.9 Å². The normalized spacial score (nSPS) is 23.8. The molecule has 1 fully saturated rings. The van der Waals surface area contributed by atoms with Gasteiger partial charge in [0.1, 0.15) is 36.5 Å². The van der Waals surface area contributed by atoms with Crippen molar-refractivity contribution in [2.45, 2.75) is 26.1 Å². The maximum absolute atomic E-state index is 12.4. The maximum atomic E-state index is 12.4. The molecule has 0 bridgehead atoms. The van der Waals surface area contributed by atoms with E-state index in [1.807, 2.05) is 42.5 Å². The average Bonchev–Trinajstić information content (AvgIpc) is 2.92. The second-order valence-electron chi connectivity index (χ2n) is 6.95. The van der Waals surface area contributed by atoms with E-state index < -0.39 is 0 Å². The number of hydrogen-bond acceptors (Lipinski definition) is 3. The largest absolute Gasteiger partial charge is 0.456 e. The minimum absolute atomic E-state index is 0.0310. The lowest BCUT2D eigenvalue weighted by atomic mass is 10.1. The Morgan fingerprint density at radius 2 is 1.80 bits per heavy atom. The van der Waals surface area contributed by atoms with Crippen LogP contribution in [0, 0.1) is 0 Å². The molecule has 1 aliphatic rings. The van der Waals surface area contributed by atoms with Gasteiger partial charge in [0.15, 0.2) is 6.54 Å². The second-order valence-corrected chi connectivity index (χ2v) is 6.95. The minimum atomic E-state index is 0.0310. The van der Waals surface area contributed by atoms with Gasteiger partial charge in [-0.2, -0.15) is 0 Å². The lowest BCUT2D eigenvalue weighted by Gasteiger charge is -2.31. The number of fused-ring (bicyclic) bond motifs is 3. The van der Waals surface area contributed by atoms with Crippen LogP contribution in [0.1, 0.15) is 13.8 Å². The van der Waals surface area contributed by atoms with Crippen LogP contribution in [0.25, 0.3) is 21.9 Å². The summed E-state index contributed by atoms with van der Waals surface area (Å²) < 4.78 is 11.6. The van der Waals surface area contributed by atoms with Crippen molar-refractivity contribution in [3.63, 3.8) is 0 Å². The maximum Gasteiger partial charge on any atom is 0.279 e. The SMILES string of the molecule is C[C@H]1C[NH+](CC(=O)Nc2ccc3oc4ccccc4c3c2)C[C@H](C)O1. The molecule has 1 aliphatic heterocycles. The Morgan fingerprint density at radius 1 is 1.08 bits per heavy atom. The number of para-hydroxylation sites is 1. The van der Waals surface area contributed by atoms with Crippen LogP contribution in [-0.4, -0.2) is 37.7 Å². The van der Waals surface area contributed by atoms with Crippen LogP contribution in [0.5, 0.6) is 0 Å². The minimum Gasteiger partial charge on any atom is -0.456 e. The van der Waals surface area contributed by atoms with Crippen LogP contribution < -0.4 is 10.2 Å². The van der Waals surface area contributed by atoms with Gasteiger partial charge >= 0.3 is 0 Å². The van der Waals surface area contributed by atoms with Crippen LogP contribution in [0.3, 0.4) is 0 Å². The fraction of sp³-hybridized carbons (Fsp3) is 0.350. The second kappa shape index (κ2) is 6.50. The fourth-order valence-corrected chi connectivity index (χ4v) is 3.77. The fourth-order valence-electron chi connectivity index (χ4n) is 3.77. The molecule has 1 saturated heterocycles. The molecule has 0 unspecified atom stereocenters. The van der Waals surface area contributed by atoms with Gasteiger partial charge in [0.2, 0.25) is 0 Å². The number of carbonyl (C=O) groups is 1. The van der Waals surface area contributed by atoms with E-state index >= 15 is 0 Å². The van der Waals surface area contributed by atoms with E-state index in [1.165, 1.54) is 4.90 Å². The van der Waals surface area contributed by atoms with Gasteiger partial charge in [-0.1, -0.05) is 18.2 Å². The molecule has 0 saturated carbocycles. The smallest absolute Gasteiger partial charge is 0.279 e. The molecule has 25 heavy (non-hydrogen) atoms. The Kier molecular flexibility index (Phi) is 4.19. The van der Waals surface area contributed by atoms with Gasteiger partial charge in [-0.05, 0) is 38.1 Å². The molecule has 2 aromatic carbocycles. The molecule has 2 N–H and O–H groups in total. The monoisotopic (exact) mass is 339 g/mol. The van der Waals surface area contributed by atoms with E-state index in [2.05, 4.69) is 19.2 Å². The Balaban J connectivity index is 1.50. The van der Waals surface area contributed by atoms with E-state index in [0.29, 0.717) is 6.54 Å². The number of morpholine rings is 1. The molecule has 0 spiro atoms. The summed E-state index contributed by atoms with van der Waals surface area (Å²) in [5, 5.41) is 5.11. The number of benzene rings is 2. The van der Waals surface area contributed by atoms with Gasteiger partial charge in [0.25, 0.3) is 5.91 Å². The van der Waals surface area contributed by atoms with Crippen LogP contribution in [0.15, 0.2) is 46.9 Å². The molecule has 5 heteroatoms. The number of amides is 1. The van der Waals surface area contributed by atoms with Gasteiger partial charge < -0.3 is 19.4 Å². The summed E-state index contributed by atoms with van der Waals surface area (Å²) in [7, 11) is 0. The first kappa shape index (κ1) is 16.1. The lowest BCUT2D eigenvalue weighted by Crippen LogP contribution is -3.16. The van der Waals surface area contributed by atoms with Crippen molar-refractivity contribution in [1.82, 2.24) is 0 Å². The molecule has 3 aromatic rings. The highest BCUT2D eigenvalue weighted by atomic mass is 16.5. The average molecular weight is 339 g/mol. The van der Waals surface area contributed by atoms with Gasteiger partial charge in [-0.3, -0.25) is 4.79 Å². The number of hydrogen-bond donors (Lipinski definition) is 2. The summed E-state index contributed by atoms with van der Waals surface area (Å²) in [4.78, 5) is 13.7. The summed E-state index contributed by atoms with van der Waals surface area (Å²) >= 11 is 0. The van der Waals surface area contributed by atoms with Crippen molar-refractivity contribution in [3.05, 3.63) is 42.5 Å². The van der Waals surface area contributed by atoms with Crippen LogP contribution in [-0.2, 0) is 9.53 Å². The third-order valence-electron chi connectivity index (χ3n) is 4.69. The summed E-state index contributed by atoms with van der Waals surface area (Å²) in [6.45, 7) is 6.31. The summed E-state index contributed by atoms with van der Waals surface area (Å²) in [5.74, 6) is 0.0310. The highest BCUT2D eigenvalue weighted by Crippen LogP contribution is 2.30. The van der Waals surface area contributed by atoms with E-state index in [0.717, 1.165) is 40.7 Å². The predicted octanol–water partition coefficient (Wildman–Crippen LogP) is 2.22. The van der Waals surface area contributed by atoms with Gasteiger partial charge in [-0.15, -0.1) is 0 Å². The number of nitrogens with one attached hydrogen (secondary N) is 2. The Morgan fingerprint density at radius 3 is 2.60 bits per heavy atom. The number of ether oxygens (including phenoxy) is 1. The molecule has 5 nitrogen and oxygen atoms in total. The molecule has 4 rings (SSSR count). The zero-order valence-electron chi connectivity index (χ0n) is 14.5. The zero-order valence-corrected chi connectivity index (χ0v) is 14.5. The molecule has 2 heterocycles. The van der Waals surface area contributed by atoms with Gasteiger partial charge in [0, 0.05) is 16.5 Å². The third-order valence-corrected chi connectivity index (χ3v) is 4.69. The number of furan rings is 1. The Bertz CT molecular complexity index is 908. The van der Waals surface area contributed by atoms with Crippen LogP contribution in [0.4, 0.5) is 5.69 Å². The first-order chi connectivity index (χ1) is 12.1. The Labute approximate surface area is 146 Å². The number of carbonyl (C=O) groups excluding carboxylic acids is 1. The lowest BCUT2D eigenvalue weighted by molar-refractivity contribution is -0.907. The number of rotatable bonds is 3. The predicted molar refractivity (Wildman–Crippen MR) is 97.9 cm³/mol. The first-order valence-electron chi connectivity index (χ1n) is 8.78. The van der Waals surface area contributed by atoms with Crippen molar-refractivity contribution in [2.75, 3.05) is 25.0 Å². The molecular weight excluding hydrogens is 316 g/mol. The van der Waals surface area contributed by atoms with Gasteiger partial charge in [-0.25, -0.2) is 0 Å². The first-order valence-corrected chi connectivity index (χ1v) is 8.78. The van der Waals surface area contributed by atoms with Crippen molar-refractivity contribution >= 4 is 33.5 Å². The molecule has 130 valence electrons. The van der Waals surface area contributed by atoms with Crippen molar-refractivity contribution < 1.29 is 18.8 Å². The molecule has 0 aliphatic carbocycles. The molecule has 0 radical (unpaired) electrons. The van der Waals surface area contributed by atoms with Gasteiger partial charge in [0.05, 0.1) is 0 Å². The summed E-state index contributed by atoms with van der Waals surface area (Å²) in [6, 6.07) is 13.7. The quantitative estimate of drug-likeness (QED) is 0.769. The van der Waals surface area contributed by atoms with Crippen molar-refractivity contribution in [3.8, 4) is 0 Å².